The molecule has 0 saturated carbocycles. The lowest BCUT2D eigenvalue weighted by atomic mass is 9.91. The molecule has 0 bridgehead atoms. The second-order valence-corrected chi connectivity index (χ2v) is 5.33. The second-order valence-electron chi connectivity index (χ2n) is 5.33. The van der Waals surface area contributed by atoms with Gasteiger partial charge in [-0.25, -0.2) is 0 Å². The molecule has 0 aromatic heterocycles. The quantitative estimate of drug-likeness (QED) is 0.373. The third-order valence-electron chi connectivity index (χ3n) is 3.50. The van der Waals surface area contributed by atoms with E-state index in [2.05, 4.69) is 60.7 Å². The van der Waals surface area contributed by atoms with E-state index in [1.807, 2.05) is 24.3 Å². The van der Waals surface area contributed by atoms with Crippen molar-refractivity contribution >= 4 is 18.6 Å². The smallest absolute Gasteiger partial charge is 0.418 e. The third-order valence-corrected chi connectivity index (χ3v) is 3.50. The zero-order valence-corrected chi connectivity index (χ0v) is 14.1. The molecule has 2 aromatic rings. The Hall–Kier alpha value is -2.89. The number of allylic oxidation sites excluding steroid dienone is 5. The number of benzene rings is 2. The highest BCUT2D eigenvalue weighted by Gasteiger charge is 2.20. The molecule has 0 aliphatic heterocycles. The maximum atomic E-state index is 9.75. The summed E-state index contributed by atoms with van der Waals surface area (Å²) < 4.78 is 44.3. The number of rotatable bonds is 2. The van der Waals surface area contributed by atoms with Crippen molar-refractivity contribution in [1.29, 1.82) is 0 Å². The van der Waals surface area contributed by atoms with Crippen molar-refractivity contribution in [2.75, 3.05) is 7.11 Å². The molecule has 0 unspecified atom stereocenters. The Morgan fingerprint density at radius 2 is 1.08 bits per heavy atom. The lowest BCUT2D eigenvalue weighted by Gasteiger charge is -2.12. The van der Waals surface area contributed by atoms with Gasteiger partial charge in [0.05, 0.1) is 0 Å². The molecule has 1 aliphatic rings. The summed E-state index contributed by atoms with van der Waals surface area (Å²) >= 11 is 0. The van der Waals surface area contributed by atoms with E-state index >= 15 is 0 Å². The van der Waals surface area contributed by atoms with E-state index in [9.17, 15) is 17.3 Å². The SMILES string of the molecule is C[O+]=C1C=CC(=C(c2ccccc2)c2ccccc2)C=C1.F[B-](F)(F)F. The summed E-state index contributed by atoms with van der Waals surface area (Å²) in [5.74, 6) is 0.874. The van der Waals surface area contributed by atoms with E-state index in [0.29, 0.717) is 0 Å². The molecule has 0 fully saturated rings. The van der Waals surface area contributed by atoms with Crippen LogP contribution in [-0.2, 0) is 4.42 Å². The molecule has 26 heavy (non-hydrogen) atoms. The van der Waals surface area contributed by atoms with Gasteiger partial charge in [-0.05, 0) is 34.4 Å². The maximum Gasteiger partial charge on any atom is 0.673 e. The molecule has 0 N–H and O–H groups in total. The summed E-state index contributed by atoms with van der Waals surface area (Å²) in [6.07, 6.45) is 8.21. The fourth-order valence-corrected chi connectivity index (χ4v) is 2.47. The number of hydrogen-bond acceptors (Lipinski definition) is 0. The summed E-state index contributed by atoms with van der Waals surface area (Å²) in [7, 11) is -4.31. The molecule has 6 heteroatoms. The van der Waals surface area contributed by atoms with Gasteiger partial charge in [0.15, 0.2) is 0 Å². The normalized spacial score (nSPS) is 13.1. The van der Waals surface area contributed by atoms with Crippen LogP contribution in [0.3, 0.4) is 0 Å². The molecular formula is C20H17BF4O. The number of ketones is 1. The van der Waals surface area contributed by atoms with E-state index in [1.165, 1.54) is 22.3 Å². The monoisotopic (exact) mass is 360 g/mol. The van der Waals surface area contributed by atoms with Gasteiger partial charge in [0.2, 0.25) is 0 Å². The van der Waals surface area contributed by atoms with Crippen LogP contribution in [0.15, 0.2) is 90.5 Å². The second kappa shape index (κ2) is 8.99. The van der Waals surface area contributed by atoms with Gasteiger partial charge in [0.25, 0.3) is 7.11 Å². The van der Waals surface area contributed by atoms with Gasteiger partial charge < -0.3 is 17.3 Å². The van der Waals surface area contributed by atoms with Crippen molar-refractivity contribution < 1.29 is 21.7 Å². The Morgan fingerprint density at radius 3 is 1.42 bits per heavy atom. The predicted molar refractivity (Wildman–Crippen MR) is 98.3 cm³/mol. The summed E-state index contributed by atoms with van der Waals surface area (Å²) in [5, 5.41) is 0. The zero-order valence-electron chi connectivity index (χ0n) is 14.1. The van der Waals surface area contributed by atoms with Gasteiger partial charge in [0, 0.05) is 12.2 Å². The molecule has 134 valence electrons. The van der Waals surface area contributed by atoms with Gasteiger partial charge in [-0.1, -0.05) is 60.7 Å². The summed E-state index contributed by atoms with van der Waals surface area (Å²) in [4.78, 5) is 0. The predicted octanol–water partition coefficient (Wildman–Crippen LogP) is 5.65. The molecule has 2 aromatic carbocycles. The third kappa shape index (κ3) is 6.20. The van der Waals surface area contributed by atoms with Crippen LogP contribution in [0.1, 0.15) is 11.1 Å². The molecule has 0 spiro atoms. The first-order chi connectivity index (χ1) is 12.4. The number of halogens is 4. The van der Waals surface area contributed by atoms with Crippen LogP contribution in [0.5, 0.6) is 0 Å². The van der Waals surface area contributed by atoms with Crippen LogP contribution in [0.25, 0.3) is 5.57 Å². The van der Waals surface area contributed by atoms with E-state index in [-0.39, 0.29) is 0 Å². The number of carbonyl (C=O) groups excluding carboxylic acids is 1. The Bertz CT molecular complexity index is 770. The molecule has 0 saturated heterocycles. The highest BCUT2D eigenvalue weighted by Crippen LogP contribution is 2.29. The fourth-order valence-electron chi connectivity index (χ4n) is 2.47. The molecule has 0 amide bonds. The molecule has 0 radical (unpaired) electrons. The molecule has 1 nitrogen and oxygen atoms in total. The van der Waals surface area contributed by atoms with Crippen LogP contribution in [-0.4, -0.2) is 20.1 Å². The highest BCUT2D eigenvalue weighted by molar-refractivity contribution is 6.50. The van der Waals surface area contributed by atoms with Gasteiger partial charge in [-0.3, -0.25) is 4.42 Å². The molecule has 3 rings (SSSR count). The summed E-state index contributed by atoms with van der Waals surface area (Å²) in [6.45, 7) is 0. The lowest BCUT2D eigenvalue weighted by molar-refractivity contribution is -0.417. The Morgan fingerprint density at radius 1 is 0.692 bits per heavy atom. The van der Waals surface area contributed by atoms with Crippen molar-refractivity contribution in [2.24, 2.45) is 0 Å². The average molecular weight is 360 g/mol. The largest absolute Gasteiger partial charge is 0.673 e. The van der Waals surface area contributed by atoms with Crippen LogP contribution >= 0.6 is 0 Å². The van der Waals surface area contributed by atoms with Gasteiger partial charge in [0.1, 0.15) is 0 Å². The van der Waals surface area contributed by atoms with Crippen molar-refractivity contribution in [2.45, 2.75) is 0 Å². The van der Waals surface area contributed by atoms with Gasteiger partial charge >= 0.3 is 13.0 Å². The van der Waals surface area contributed by atoms with E-state index in [1.54, 1.807) is 7.11 Å². The maximum absolute atomic E-state index is 9.75. The Labute approximate surface area is 149 Å². The lowest BCUT2D eigenvalue weighted by Crippen LogP contribution is -2.02. The first-order valence-corrected chi connectivity index (χ1v) is 7.88. The minimum Gasteiger partial charge on any atom is -0.418 e. The summed E-state index contributed by atoms with van der Waals surface area (Å²) in [5.41, 5.74) is 4.86. The Balaban J connectivity index is 0.000000431. The molecular weight excluding hydrogens is 343 g/mol. The fraction of sp³-hybridized carbons (Fsp3) is 0.0500. The number of hydrogen-bond donors (Lipinski definition) is 0. The van der Waals surface area contributed by atoms with Crippen LogP contribution in [0.2, 0.25) is 0 Å². The molecule has 0 atom stereocenters. The highest BCUT2D eigenvalue weighted by atomic mass is 19.5. The standard InChI is InChI=1S/C20H17O.BF4/c1-21-19-14-12-18(13-15-19)20(16-8-4-2-5-9-16)17-10-6-3-7-11-17;2-1(3,4)5/h2-15H,1H3;/q+1;-1. The topological polar surface area (TPSA) is 11.3 Å². The van der Waals surface area contributed by atoms with Crippen LogP contribution in [0.4, 0.5) is 17.3 Å². The van der Waals surface area contributed by atoms with E-state index in [4.69, 9.17) is 4.42 Å². The zero-order chi connectivity index (χ0) is 19.0. The van der Waals surface area contributed by atoms with Gasteiger partial charge in [-0.15, -0.1) is 0 Å². The van der Waals surface area contributed by atoms with Crippen LogP contribution < -0.4 is 0 Å². The van der Waals surface area contributed by atoms with E-state index in [0.717, 1.165) is 5.78 Å². The molecule has 0 heterocycles. The van der Waals surface area contributed by atoms with Gasteiger partial charge in [-0.2, -0.15) is 0 Å². The van der Waals surface area contributed by atoms with E-state index < -0.39 is 7.25 Å². The van der Waals surface area contributed by atoms with Crippen molar-refractivity contribution in [3.8, 4) is 0 Å². The summed E-state index contributed by atoms with van der Waals surface area (Å²) in [6, 6.07) is 21.0. The minimum atomic E-state index is -6.00. The molecule has 1 aliphatic carbocycles. The first kappa shape index (κ1) is 19.4. The average Bonchev–Trinajstić information content (AvgIpc) is 2.63. The van der Waals surface area contributed by atoms with Crippen molar-refractivity contribution in [3.63, 3.8) is 0 Å². The first-order valence-electron chi connectivity index (χ1n) is 7.88. The van der Waals surface area contributed by atoms with Crippen molar-refractivity contribution in [1.82, 2.24) is 0 Å². The van der Waals surface area contributed by atoms with Crippen LogP contribution in [0, 0.1) is 0 Å². The Kier molecular flexibility index (Phi) is 6.72. The minimum absolute atomic E-state index is 0.874. The van der Waals surface area contributed by atoms with Crippen molar-refractivity contribution in [3.05, 3.63) is 102 Å².